The molecule has 176 valence electrons. The molecule has 2 atom stereocenters. The fourth-order valence-corrected chi connectivity index (χ4v) is 4.22. The Morgan fingerprint density at radius 2 is 2.21 bits per heavy atom. The first-order chi connectivity index (χ1) is 15.9. The lowest BCUT2D eigenvalue weighted by atomic mass is 10.0. The number of carbonyl (C=O) groups excluding carboxylic acids is 1. The zero-order valence-electron chi connectivity index (χ0n) is 18.3. The number of likely N-dealkylation sites (N-methyl/N-ethyl adjacent to an activating group) is 1. The molecule has 2 heterocycles. The van der Waals surface area contributed by atoms with Crippen LogP contribution in [0.1, 0.15) is 25.7 Å². The standard InChI is InChI=1S/C22H26ClF2N7O/c1-31(6-2-4-17(12-33)30-18-9-15(23)8-16(24)10-18)19-5-3-7-32(11-19)22-20(25)21(27-13-26)28-14-29-22/h8-10,12,14,17,19,30H,2-7,11H2,1H3,(H,27,28,29). The molecule has 1 aliphatic rings. The fourth-order valence-electron chi connectivity index (χ4n) is 4.00. The van der Waals surface area contributed by atoms with Gasteiger partial charge in [0.15, 0.2) is 17.8 Å². The number of piperidine rings is 1. The van der Waals surface area contributed by atoms with Gasteiger partial charge in [0.2, 0.25) is 5.82 Å². The number of nitrogens with zero attached hydrogens (tertiary/aromatic N) is 5. The van der Waals surface area contributed by atoms with Crippen molar-refractivity contribution in [3.8, 4) is 6.19 Å². The minimum atomic E-state index is -0.639. The van der Waals surface area contributed by atoms with Gasteiger partial charge in [-0.2, -0.15) is 9.65 Å². The van der Waals surface area contributed by atoms with E-state index in [1.165, 1.54) is 18.5 Å². The van der Waals surface area contributed by atoms with Crippen LogP contribution in [-0.2, 0) is 4.79 Å². The van der Waals surface area contributed by atoms with Crippen LogP contribution < -0.4 is 15.5 Å². The number of carbonyl (C=O) groups is 1. The molecule has 33 heavy (non-hydrogen) atoms. The quantitative estimate of drug-likeness (QED) is 0.304. The maximum atomic E-state index is 14.7. The van der Waals surface area contributed by atoms with Crippen molar-refractivity contribution in [3.05, 3.63) is 41.2 Å². The summed E-state index contributed by atoms with van der Waals surface area (Å²) < 4.78 is 28.2. The molecule has 2 aromatic rings. The maximum Gasteiger partial charge on any atom is 0.208 e. The molecule has 1 aliphatic heterocycles. The third-order valence-corrected chi connectivity index (χ3v) is 5.89. The number of nitriles is 1. The molecule has 0 saturated carbocycles. The molecular weight excluding hydrogens is 452 g/mol. The summed E-state index contributed by atoms with van der Waals surface area (Å²) >= 11 is 5.87. The Morgan fingerprint density at radius 1 is 1.39 bits per heavy atom. The van der Waals surface area contributed by atoms with E-state index >= 15 is 0 Å². The second-order valence-corrected chi connectivity index (χ2v) is 8.44. The van der Waals surface area contributed by atoms with E-state index in [1.807, 2.05) is 11.9 Å². The molecule has 0 amide bonds. The summed E-state index contributed by atoms with van der Waals surface area (Å²) in [4.78, 5) is 23.4. The second kappa shape index (κ2) is 11.7. The summed E-state index contributed by atoms with van der Waals surface area (Å²) in [7, 11) is 2.00. The average Bonchev–Trinajstić information content (AvgIpc) is 2.79. The lowest BCUT2D eigenvalue weighted by molar-refractivity contribution is -0.108. The van der Waals surface area contributed by atoms with Gasteiger partial charge in [0.05, 0.1) is 6.04 Å². The first-order valence-electron chi connectivity index (χ1n) is 10.7. The van der Waals surface area contributed by atoms with Gasteiger partial charge in [0, 0.05) is 29.8 Å². The lowest BCUT2D eigenvalue weighted by Crippen LogP contribution is -2.47. The highest BCUT2D eigenvalue weighted by Crippen LogP contribution is 2.26. The van der Waals surface area contributed by atoms with E-state index in [9.17, 15) is 13.6 Å². The number of nitrogens with one attached hydrogen (secondary N) is 2. The van der Waals surface area contributed by atoms with E-state index in [-0.39, 0.29) is 22.7 Å². The van der Waals surface area contributed by atoms with Crippen LogP contribution in [0.5, 0.6) is 0 Å². The minimum Gasteiger partial charge on any atom is -0.375 e. The molecule has 2 unspecified atom stereocenters. The van der Waals surface area contributed by atoms with Crippen molar-refractivity contribution in [3.63, 3.8) is 0 Å². The zero-order valence-corrected chi connectivity index (χ0v) is 19.0. The van der Waals surface area contributed by atoms with Crippen LogP contribution in [0.2, 0.25) is 5.02 Å². The minimum absolute atomic E-state index is 0.134. The van der Waals surface area contributed by atoms with Crippen molar-refractivity contribution >= 4 is 35.2 Å². The number of halogens is 3. The normalized spacial score (nSPS) is 16.8. The van der Waals surface area contributed by atoms with E-state index in [2.05, 4.69) is 25.5 Å². The van der Waals surface area contributed by atoms with Crippen LogP contribution in [0.3, 0.4) is 0 Å². The number of aldehydes is 1. The van der Waals surface area contributed by atoms with E-state index in [0.717, 1.165) is 32.1 Å². The SMILES string of the molecule is CN(CCCC(C=O)Nc1cc(F)cc(Cl)c1)C1CCCN(c2ncnc(NC#N)c2F)C1. The number of benzene rings is 1. The first kappa shape index (κ1) is 24.6. The maximum absolute atomic E-state index is 14.7. The Bertz CT molecular complexity index is 983. The number of rotatable bonds is 10. The van der Waals surface area contributed by atoms with Gasteiger partial charge < -0.3 is 19.9 Å². The van der Waals surface area contributed by atoms with Crippen LogP contribution >= 0.6 is 11.6 Å². The van der Waals surface area contributed by atoms with Gasteiger partial charge in [-0.1, -0.05) is 11.6 Å². The molecule has 1 fully saturated rings. The third kappa shape index (κ3) is 6.73. The number of hydrogen-bond donors (Lipinski definition) is 2. The number of anilines is 3. The molecule has 8 nitrogen and oxygen atoms in total. The Morgan fingerprint density at radius 3 is 2.94 bits per heavy atom. The molecular formula is C22H26ClF2N7O. The van der Waals surface area contributed by atoms with Gasteiger partial charge in [0.1, 0.15) is 18.4 Å². The van der Waals surface area contributed by atoms with Crippen molar-refractivity contribution in [1.82, 2.24) is 14.9 Å². The third-order valence-electron chi connectivity index (χ3n) is 5.67. The zero-order chi connectivity index (χ0) is 23.8. The van der Waals surface area contributed by atoms with Crippen molar-refractivity contribution < 1.29 is 13.6 Å². The predicted octanol–water partition coefficient (Wildman–Crippen LogP) is 3.66. The van der Waals surface area contributed by atoms with E-state index in [1.54, 1.807) is 12.3 Å². The molecule has 0 radical (unpaired) electrons. The summed E-state index contributed by atoms with van der Waals surface area (Å²) in [6.07, 6.45) is 6.87. The van der Waals surface area contributed by atoms with Gasteiger partial charge in [-0.05, 0) is 57.5 Å². The molecule has 11 heteroatoms. The largest absolute Gasteiger partial charge is 0.375 e. The highest BCUT2D eigenvalue weighted by Gasteiger charge is 2.27. The summed E-state index contributed by atoms with van der Waals surface area (Å²) in [6.45, 7) is 1.99. The summed E-state index contributed by atoms with van der Waals surface area (Å²) in [5.41, 5.74) is 0.463. The average molecular weight is 478 g/mol. The molecule has 1 aromatic heterocycles. The van der Waals surface area contributed by atoms with Crippen molar-refractivity contribution in [2.24, 2.45) is 0 Å². The molecule has 0 bridgehead atoms. The summed E-state index contributed by atoms with van der Waals surface area (Å²) in [5.74, 6) is -1.06. The van der Waals surface area contributed by atoms with Gasteiger partial charge >= 0.3 is 0 Å². The molecule has 1 saturated heterocycles. The lowest BCUT2D eigenvalue weighted by Gasteiger charge is -2.38. The Labute approximate surface area is 196 Å². The summed E-state index contributed by atoms with van der Waals surface area (Å²) in [6, 6.07) is 3.81. The van der Waals surface area contributed by atoms with E-state index < -0.39 is 17.7 Å². The van der Waals surface area contributed by atoms with Crippen LogP contribution in [0.4, 0.5) is 26.1 Å². The molecule has 2 N–H and O–H groups in total. The molecule has 1 aromatic carbocycles. The predicted molar refractivity (Wildman–Crippen MR) is 123 cm³/mol. The summed E-state index contributed by atoms with van der Waals surface area (Å²) in [5, 5.41) is 14.3. The fraction of sp³-hybridized carbons (Fsp3) is 0.455. The van der Waals surface area contributed by atoms with Gasteiger partial charge in [0.25, 0.3) is 0 Å². The Kier molecular flexibility index (Phi) is 8.74. The van der Waals surface area contributed by atoms with Crippen LogP contribution in [0.15, 0.2) is 24.5 Å². The monoisotopic (exact) mass is 477 g/mol. The Hall–Kier alpha value is -3.03. The highest BCUT2D eigenvalue weighted by molar-refractivity contribution is 6.30. The number of aromatic nitrogens is 2. The first-order valence-corrected chi connectivity index (χ1v) is 11.1. The van der Waals surface area contributed by atoms with Gasteiger partial charge in [-0.15, -0.1) is 0 Å². The highest BCUT2D eigenvalue weighted by atomic mass is 35.5. The second-order valence-electron chi connectivity index (χ2n) is 8.01. The van der Waals surface area contributed by atoms with E-state index in [0.29, 0.717) is 25.2 Å². The van der Waals surface area contributed by atoms with Gasteiger partial charge in [-0.25, -0.2) is 14.4 Å². The van der Waals surface area contributed by atoms with Gasteiger partial charge in [-0.3, -0.25) is 5.32 Å². The Balaban J connectivity index is 1.53. The number of hydrogen-bond acceptors (Lipinski definition) is 8. The topological polar surface area (TPSA) is 97.2 Å². The van der Waals surface area contributed by atoms with Crippen LogP contribution in [0.25, 0.3) is 0 Å². The smallest absolute Gasteiger partial charge is 0.208 e. The van der Waals surface area contributed by atoms with Crippen molar-refractivity contribution in [2.75, 3.05) is 42.2 Å². The molecule has 0 aliphatic carbocycles. The molecule has 0 spiro atoms. The molecule has 3 rings (SSSR count). The van der Waals surface area contributed by atoms with Crippen molar-refractivity contribution in [1.29, 1.82) is 5.26 Å². The van der Waals surface area contributed by atoms with Crippen LogP contribution in [0, 0.1) is 23.1 Å². The van der Waals surface area contributed by atoms with Crippen LogP contribution in [-0.4, -0.2) is 59.9 Å². The van der Waals surface area contributed by atoms with Crippen molar-refractivity contribution in [2.45, 2.75) is 37.8 Å². The van der Waals surface area contributed by atoms with E-state index in [4.69, 9.17) is 16.9 Å².